The van der Waals surface area contributed by atoms with Gasteiger partial charge in [0, 0.05) is 11.8 Å². The molecule has 0 radical (unpaired) electrons. The van der Waals surface area contributed by atoms with E-state index in [4.69, 9.17) is 0 Å². The molecule has 4 aromatic rings. The molecule has 0 unspecified atom stereocenters. The van der Waals surface area contributed by atoms with Crippen molar-refractivity contribution in [1.29, 1.82) is 0 Å². The summed E-state index contributed by atoms with van der Waals surface area (Å²) in [6.45, 7) is 2.26. The van der Waals surface area contributed by atoms with E-state index in [1.807, 2.05) is 55.5 Å². The van der Waals surface area contributed by atoms with Gasteiger partial charge in [0.05, 0.1) is 21.8 Å². The summed E-state index contributed by atoms with van der Waals surface area (Å²) in [5.74, 6) is -0.372. The van der Waals surface area contributed by atoms with Crippen molar-refractivity contribution in [3.63, 3.8) is 0 Å². The molecule has 1 amide bonds. The van der Waals surface area contributed by atoms with E-state index in [-0.39, 0.29) is 17.2 Å². The number of carbonyl (C=O) groups excluding carboxylic acids is 1. The number of hydrogen-bond acceptors (Lipinski definition) is 5. The van der Waals surface area contributed by atoms with Gasteiger partial charge in [-0.05, 0) is 36.8 Å². The summed E-state index contributed by atoms with van der Waals surface area (Å²) in [6.07, 6.45) is 0. The Kier molecular flexibility index (Phi) is 4.52. The van der Waals surface area contributed by atoms with E-state index in [0.29, 0.717) is 12.2 Å². The van der Waals surface area contributed by atoms with Crippen LogP contribution in [0, 0.1) is 6.92 Å². The lowest BCUT2D eigenvalue weighted by atomic mass is 10.2. The second kappa shape index (κ2) is 7.13. The zero-order valence-corrected chi connectivity index (χ0v) is 15.4. The van der Waals surface area contributed by atoms with E-state index < -0.39 is 0 Å². The number of benzene rings is 2. The molecule has 6 nitrogen and oxygen atoms in total. The number of amides is 1. The van der Waals surface area contributed by atoms with Gasteiger partial charge in [0.2, 0.25) is 0 Å². The quantitative estimate of drug-likeness (QED) is 0.592. The molecular formula is C20H16N4O2S. The molecule has 0 atom stereocenters. The first-order valence-corrected chi connectivity index (χ1v) is 9.21. The molecule has 7 heteroatoms. The number of carbonyl (C=O) groups is 1. The molecule has 0 aliphatic heterocycles. The van der Waals surface area contributed by atoms with Crippen molar-refractivity contribution in [1.82, 2.24) is 14.8 Å². The molecule has 0 saturated carbocycles. The van der Waals surface area contributed by atoms with Crippen LogP contribution < -0.4 is 10.9 Å². The van der Waals surface area contributed by atoms with Crippen LogP contribution in [0.4, 0.5) is 5.69 Å². The number of anilines is 1. The van der Waals surface area contributed by atoms with Crippen LogP contribution in [0.25, 0.3) is 10.2 Å². The molecule has 0 aliphatic rings. The predicted octanol–water partition coefficient (Wildman–Crippen LogP) is 3.46. The summed E-state index contributed by atoms with van der Waals surface area (Å²) in [7, 11) is 0. The number of fused-ring (bicyclic) bond motifs is 1. The van der Waals surface area contributed by atoms with Gasteiger partial charge in [0.25, 0.3) is 11.5 Å². The van der Waals surface area contributed by atoms with E-state index in [9.17, 15) is 9.59 Å². The lowest BCUT2D eigenvalue weighted by Crippen LogP contribution is -2.26. The summed E-state index contributed by atoms with van der Waals surface area (Å²) in [6, 6.07) is 17.9. The first-order chi connectivity index (χ1) is 13.1. The molecule has 134 valence electrons. The van der Waals surface area contributed by atoms with Crippen LogP contribution in [0.5, 0.6) is 0 Å². The zero-order chi connectivity index (χ0) is 18.8. The monoisotopic (exact) mass is 376 g/mol. The second-order valence-electron chi connectivity index (χ2n) is 6.07. The topological polar surface area (TPSA) is 76.9 Å². The predicted molar refractivity (Wildman–Crippen MR) is 106 cm³/mol. The van der Waals surface area contributed by atoms with Crippen molar-refractivity contribution in [2.75, 3.05) is 5.32 Å². The fourth-order valence-electron chi connectivity index (χ4n) is 2.76. The number of nitrogens with one attached hydrogen (secondary N) is 1. The van der Waals surface area contributed by atoms with E-state index in [0.717, 1.165) is 20.8 Å². The van der Waals surface area contributed by atoms with Crippen LogP contribution in [0.15, 0.2) is 65.5 Å². The molecule has 2 aromatic heterocycles. The molecule has 0 bridgehead atoms. The Morgan fingerprint density at radius 3 is 2.74 bits per heavy atom. The highest BCUT2D eigenvalue weighted by atomic mass is 32.1. The standard InChI is InChI=1S/C20H16N4O2S/c1-13-21-17-11-15(7-9-18(17)27-13)22-20(26)16-8-10-19(25)24(23-16)12-14-5-3-2-4-6-14/h2-11H,12H2,1H3,(H,22,26). The third kappa shape index (κ3) is 3.78. The molecule has 2 heterocycles. The van der Waals surface area contributed by atoms with Gasteiger partial charge >= 0.3 is 0 Å². The van der Waals surface area contributed by atoms with Crippen LogP contribution in [0.2, 0.25) is 0 Å². The van der Waals surface area contributed by atoms with Gasteiger partial charge in [-0.15, -0.1) is 11.3 Å². The Morgan fingerprint density at radius 1 is 1.11 bits per heavy atom. The number of nitrogens with zero attached hydrogens (tertiary/aromatic N) is 3. The fraction of sp³-hybridized carbons (Fsp3) is 0.100. The Bertz CT molecular complexity index is 1180. The number of rotatable bonds is 4. The smallest absolute Gasteiger partial charge is 0.276 e. The SMILES string of the molecule is Cc1nc2cc(NC(=O)c3ccc(=O)n(Cc4ccccc4)n3)ccc2s1. The van der Waals surface area contributed by atoms with E-state index in [1.54, 1.807) is 11.3 Å². The number of aryl methyl sites for hydroxylation is 1. The van der Waals surface area contributed by atoms with Crippen molar-refractivity contribution in [3.05, 3.63) is 87.3 Å². The average Bonchev–Trinajstić information content (AvgIpc) is 3.03. The van der Waals surface area contributed by atoms with Crippen LogP contribution in [-0.2, 0) is 6.54 Å². The lowest BCUT2D eigenvalue weighted by Gasteiger charge is -2.08. The molecule has 4 rings (SSSR count). The maximum absolute atomic E-state index is 12.6. The highest BCUT2D eigenvalue weighted by Gasteiger charge is 2.11. The van der Waals surface area contributed by atoms with Crippen molar-refractivity contribution in [2.45, 2.75) is 13.5 Å². The Labute approximate surface area is 159 Å². The molecule has 0 aliphatic carbocycles. The van der Waals surface area contributed by atoms with Crippen LogP contribution in [0.1, 0.15) is 21.1 Å². The largest absolute Gasteiger partial charge is 0.321 e. The maximum atomic E-state index is 12.6. The fourth-order valence-corrected chi connectivity index (χ4v) is 3.56. The number of thiazole rings is 1. The van der Waals surface area contributed by atoms with Crippen LogP contribution in [0.3, 0.4) is 0 Å². The Balaban J connectivity index is 1.57. The molecular weight excluding hydrogens is 360 g/mol. The molecule has 0 spiro atoms. The minimum absolute atomic E-state index is 0.181. The van der Waals surface area contributed by atoms with E-state index >= 15 is 0 Å². The highest BCUT2D eigenvalue weighted by Crippen LogP contribution is 2.24. The van der Waals surface area contributed by atoms with Crippen molar-refractivity contribution >= 4 is 33.1 Å². The average molecular weight is 376 g/mol. The molecule has 2 aromatic carbocycles. The van der Waals surface area contributed by atoms with Crippen molar-refractivity contribution in [2.24, 2.45) is 0 Å². The summed E-state index contributed by atoms with van der Waals surface area (Å²) in [5, 5.41) is 8.00. The summed E-state index contributed by atoms with van der Waals surface area (Å²) >= 11 is 1.61. The van der Waals surface area contributed by atoms with Crippen molar-refractivity contribution in [3.8, 4) is 0 Å². The normalized spacial score (nSPS) is 10.9. The first-order valence-electron chi connectivity index (χ1n) is 8.39. The van der Waals surface area contributed by atoms with Gasteiger partial charge in [0.1, 0.15) is 5.69 Å². The zero-order valence-electron chi connectivity index (χ0n) is 14.5. The molecule has 0 fully saturated rings. The highest BCUT2D eigenvalue weighted by molar-refractivity contribution is 7.18. The van der Waals surface area contributed by atoms with E-state index in [1.165, 1.54) is 16.8 Å². The van der Waals surface area contributed by atoms with Gasteiger partial charge in [-0.2, -0.15) is 5.10 Å². The third-order valence-corrected chi connectivity index (χ3v) is 4.98. The van der Waals surface area contributed by atoms with Gasteiger partial charge in [-0.25, -0.2) is 9.67 Å². The van der Waals surface area contributed by atoms with Crippen LogP contribution >= 0.6 is 11.3 Å². The minimum Gasteiger partial charge on any atom is -0.321 e. The molecule has 0 saturated heterocycles. The summed E-state index contributed by atoms with van der Waals surface area (Å²) in [5.41, 5.74) is 2.35. The van der Waals surface area contributed by atoms with Gasteiger partial charge in [-0.3, -0.25) is 9.59 Å². The van der Waals surface area contributed by atoms with Gasteiger partial charge in [0.15, 0.2) is 0 Å². The second-order valence-corrected chi connectivity index (χ2v) is 7.30. The Hall–Kier alpha value is -3.32. The molecule has 1 N–H and O–H groups in total. The summed E-state index contributed by atoms with van der Waals surface area (Å²) in [4.78, 5) is 29.1. The maximum Gasteiger partial charge on any atom is 0.276 e. The van der Waals surface area contributed by atoms with Crippen LogP contribution in [-0.4, -0.2) is 20.7 Å². The number of aromatic nitrogens is 3. The lowest BCUT2D eigenvalue weighted by molar-refractivity contribution is 0.102. The van der Waals surface area contributed by atoms with Gasteiger partial charge in [-0.1, -0.05) is 30.3 Å². The van der Waals surface area contributed by atoms with Crippen molar-refractivity contribution < 1.29 is 4.79 Å². The Morgan fingerprint density at radius 2 is 1.93 bits per heavy atom. The molecule has 27 heavy (non-hydrogen) atoms. The van der Waals surface area contributed by atoms with E-state index in [2.05, 4.69) is 15.4 Å². The first kappa shape index (κ1) is 17.1. The summed E-state index contributed by atoms with van der Waals surface area (Å²) < 4.78 is 2.36. The minimum atomic E-state index is -0.372. The third-order valence-electron chi connectivity index (χ3n) is 4.03. The number of hydrogen-bond donors (Lipinski definition) is 1. The van der Waals surface area contributed by atoms with Gasteiger partial charge < -0.3 is 5.32 Å².